The van der Waals surface area contributed by atoms with Crippen LogP contribution in [0.3, 0.4) is 0 Å². The quantitative estimate of drug-likeness (QED) is 0.633. The van der Waals surface area contributed by atoms with Gasteiger partial charge in [0.1, 0.15) is 12.6 Å². The van der Waals surface area contributed by atoms with Gasteiger partial charge in [-0.3, -0.25) is 9.59 Å². The normalized spacial score (nSPS) is 20.2. The second-order valence-electron chi connectivity index (χ2n) is 9.25. The first-order valence-electron chi connectivity index (χ1n) is 12.1. The molecule has 1 aliphatic heterocycles. The lowest BCUT2D eigenvalue weighted by atomic mass is 9.91. The van der Waals surface area contributed by atoms with Crippen molar-refractivity contribution in [3.8, 4) is 11.1 Å². The molecule has 2 amide bonds. The van der Waals surface area contributed by atoms with E-state index in [2.05, 4.69) is 29.6 Å². The van der Waals surface area contributed by atoms with Crippen LogP contribution in [0.15, 0.2) is 48.5 Å². The molecule has 0 aromatic heterocycles. The second-order valence-corrected chi connectivity index (χ2v) is 9.25. The van der Waals surface area contributed by atoms with Crippen LogP contribution in [-0.4, -0.2) is 53.2 Å². The number of carboxylic acid groups (broad SMARTS) is 1. The third-order valence-corrected chi connectivity index (χ3v) is 7.02. The summed E-state index contributed by atoms with van der Waals surface area (Å²) < 4.78 is 5.63. The van der Waals surface area contributed by atoms with E-state index in [1.807, 2.05) is 38.1 Å². The average Bonchev–Trinajstić information content (AvgIpc) is 3.15. The van der Waals surface area contributed by atoms with Crippen LogP contribution in [0.2, 0.25) is 0 Å². The maximum absolute atomic E-state index is 13.2. The molecule has 1 saturated heterocycles. The van der Waals surface area contributed by atoms with Crippen LogP contribution < -0.4 is 5.32 Å². The SMILES string of the molecule is CCC[C@H](NC(=O)OCC1c2ccccc2-c2ccccc21)C(=O)N1CCC(C(=O)O)CC1C. The largest absolute Gasteiger partial charge is 0.481 e. The van der Waals surface area contributed by atoms with Crippen molar-refractivity contribution in [3.05, 3.63) is 59.7 Å². The molecular weight excluding hydrogens is 432 g/mol. The Morgan fingerprint density at radius 2 is 1.71 bits per heavy atom. The fourth-order valence-corrected chi connectivity index (χ4v) is 5.25. The van der Waals surface area contributed by atoms with Gasteiger partial charge in [0.05, 0.1) is 5.92 Å². The number of rotatable bonds is 7. The van der Waals surface area contributed by atoms with Crippen LogP contribution in [0, 0.1) is 5.92 Å². The monoisotopic (exact) mass is 464 g/mol. The molecule has 1 aliphatic carbocycles. The van der Waals surface area contributed by atoms with Crippen LogP contribution in [0.1, 0.15) is 56.6 Å². The number of hydrogen-bond donors (Lipinski definition) is 2. The molecule has 34 heavy (non-hydrogen) atoms. The van der Waals surface area contributed by atoms with Crippen LogP contribution in [-0.2, 0) is 14.3 Å². The molecule has 0 bridgehead atoms. The van der Waals surface area contributed by atoms with E-state index in [0.717, 1.165) is 28.7 Å². The number of amides is 2. The van der Waals surface area contributed by atoms with Crippen molar-refractivity contribution in [1.82, 2.24) is 10.2 Å². The molecule has 0 radical (unpaired) electrons. The smallest absolute Gasteiger partial charge is 0.407 e. The second kappa shape index (κ2) is 10.3. The van der Waals surface area contributed by atoms with Gasteiger partial charge in [-0.15, -0.1) is 0 Å². The minimum absolute atomic E-state index is 0.0476. The number of carbonyl (C=O) groups is 3. The molecule has 2 aromatic rings. The molecule has 2 unspecified atom stereocenters. The number of benzene rings is 2. The van der Waals surface area contributed by atoms with Gasteiger partial charge in [0.2, 0.25) is 5.91 Å². The van der Waals surface area contributed by atoms with Crippen molar-refractivity contribution in [2.45, 2.75) is 57.5 Å². The van der Waals surface area contributed by atoms with E-state index in [1.54, 1.807) is 4.90 Å². The predicted octanol–water partition coefficient (Wildman–Crippen LogP) is 4.41. The third-order valence-electron chi connectivity index (χ3n) is 7.02. The summed E-state index contributed by atoms with van der Waals surface area (Å²) >= 11 is 0. The van der Waals surface area contributed by atoms with E-state index in [0.29, 0.717) is 25.8 Å². The van der Waals surface area contributed by atoms with Gasteiger partial charge in [0.25, 0.3) is 0 Å². The molecule has 1 fully saturated rings. The number of alkyl carbamates (subject to hydrolysis) is 1. The Morgan fingerprint density at radius 1 is 1.09 bits per heavy atom. The summed E-state index contributed by atoms with van der Waals surface area (Å²) in [5.41, 5.74) is 4.58. The molecule has 7 nitrogen and oxygen atoms in total. The molecule has 1 heterocycles. The lowest BCUT2D eigenvalue weighted by Gasteiger charge is -2.38. The molecule has 0 saturated carbocycles. The highest BCUT2D eigenvalue weighted by atomic mass is 16.5. The van der Waals surface area contributed by atoms with Gasteiger partial charge >= 0.3 is 12.1 Å². The van der Waals surface area contributed by atoms with Crippen molar-refractivity contribution in [2.75, 3.05) is 13.2 Å². The molecule has 0 spiro atoms. The van der Waals surface area contributed by atoms with E-state index in [9.17, 15) is 19.5 Å². The summed E-state index contributed by atoms with van der Waals surface area (Å²) in [5.74, 6) is -1.47. The summed E-state index contributed by atoms with van der Waals surface area (Å²) in [5, 5.41) is 12.1. The number of carbonyl (C=O) groups excluding carboxylic acids is 2. The molecule has 4 rings (SSSR count). The van der Waals surface area contributed by atoms with Gasteiger partial charge in [-0.05, 0) is 48.4 Å². The fraction of sp³-hybridized carbons (Fsp3) is 0.444. The van der Waals surface area contributed by atoms with E-state index >= 15 is 0 Å². The van der Waals surface area contributed by atoms with Gasteiger partial charge < -0.3 is 20.1 Å². The Labute approximate surface area is 200 Å². The van der Waals surface area contributed by atoms with E-state index in [4.69, 9.17) is 4.74 Å². The van der Waals surface area contributed by atoms with Crippen LogP contribution in [0.4, 0.5) is 4.79 Å². The van der Waals surface area contributed by atoms with E-state index in [-0.39, 0.29) is 24.5 Å². The summed E-state index contributed by atoms with van der Waals surface area (Å²) in [4.78, 5) is 39.0. The summed E-state index contributed by atoms with van der Waals surface area (Å²) in [6.07, 6.45) is 1.45. The Kier molecular flexibility index (Phi) is 7.20. The Bertz CT molecular complexity index is 1020. The molecule has 7 heteroatoms. The number of nitrogens with zero attached hydrogens (tertiary/aromatic N) is 1. The van der Waals surface area contributed by atoms with Gasteiger partial charge in [-0.1, -0.05) is 61.9 Å². The Morgan fingerprint density at radius 3 is 2.26 bits per heavy atom. The van der Waals surface area contributed by atoms with Crippen LogP contribution in [0.25, 0.3) is 11.1 Å². The maximum atomic E-state index is 13.2. The third kappa shape index (κ3) is 4.79. The number of carboxylic acids is 1. The van der Waals surface area contributed by atoms with Gasteiger partial charge in [-0.25, -0.2) is 4.79 Å². The van der Waals surface area contributed by atoms with E-state index < -0.39 is 24.0 Å². The maximum Gasteiger partial charge on any atom is 0.407 e. The molecule has 2 aromatic carbocycles. The highest BCUT2D eigenvalue weighted by molar-refractivity contribution is 5.86. The van der Waals surface area contributed by atoms with Gasteiger partial charge in [0.15, 0.2) is 0 Å². The topological polar surface area (TPSA) is 95.9 Å². The zero-order chi connectivity index (χ0) is 24.2. The zero-order valence-electron chi connectivity index (χ0n) is 19.7. The van der Waals surface area contributed by atoms with Crippen molar-refractivity contribution in [1.29, 1.82) is 0 Å². The number of nitrogens with one attached hydrogen (secondary N) is 1. The fourth-order valence-electron chi connectivity index (χ4n) is 5.25. The molecule has 2 N–H and O–H groups in total. The number of piperidine rings is 1. The van der Waals surface area contributed by atoms with E-state index in [1.165, 1.54) is 0 Å². The van der Waals surface area contributed by atoms with Crippen molar-refractivity contribution >= 4 is 18.0 Å². The van der Waals surface area contributed by atoms with Crippen molar-refractivity contribution in [2.24, 2.45) is 5.92 Å². The minimum atomic E-state index is -0.819. The standard InChI is InChI=1S/C27H32N2O5/c1-3-8-24(25(30)29-14-13-18(26(31)32)15-17(29)2)28-27(33)34-16-23-21-11-6-4-9-19(21)20-10-5-7-12-22(20)23/h4-7,9-12,17-18,23-24H,3,8,13-16H2,1-2H3,(H,28,33)(H,31,32)/t17?,18?,24-/m0/s1. The lowest BCUT2D eigenvalue weighted by Crippen LogP contribution is -2.54. The minimum Gasteiger partial charge on any atom is -0.481 e. The van der Waals surface area contributed by atoms with Crippen LogP contribution in [0.5, 0.6) is 0 Å². The molecule has 3 atom stereocenters. The molecule has 180 valence electrons. The number of likely N-dealkylation sites (tertiary alicyclic amines) is 1. The zero-order valence-corrected chi connectivity index (χ0v) is 19.7. The number of ether oxygens (including phenoxy) is 1. The first kappa shape index (κ1) is 23.8. The van der Waals surface area contributed by atoms with Gasteiger partial charge in [0, 0.05) is 18.5 Å². The number of aliphatic carboxylic acids is 1. The molecule has 2 aliphatic rings. The summed E-state index contributed by atoms with van der Waals surface area (Å²) in [7, 11) is 0. The molecular formula is C27H32N2O5. The Balaban J connectivity index is 1.39. The summed E-state index contributed by atoms with van der Waals surface area (Å²) in [6, 6.07) is 15.4. The van der Waals surface area contributed by atoms with Crippen molar-refractivity contribution < 1.29 is 24.2 Å². The highest BCUT2D eigenvalue weighted by Crippen LogP contribution is 2.44. The van der Waals surface area contributed by atoms with Crippen molar-refractivity contribution in [3.63, 3.8) is 0 Å². The first-order valence-corrected chi connectivity index (χ1v) is 12.1. The lowest BCUT2D eigenvalue weighted by molar-refractivity contribution is -0.148. The number of fused-ring (bicyclic) bond motifs is 3. The predicted molar refractivity (Wildman–Crippen MR) is 128 cm³/mol. The summed E-state index contributed by atoms with van der Waals surface area (Å²) in [6.45, 7) is 4.39. The Hall–Kier alpha value is -3.35. The average molecular weight is 465 g/mol. The van der Waals surface area contributed by atoms with Gasteiger partial charge in [-0.2, -0.15) is 0 Å². The van der Waals surface area contributed by atoms with Crippen LogP contribution >= 0.6 is 0 Å². The number of hydrogen-bond acceptors (Lipinski definition) is 4. The first-order chi connectivity index (χ1) is 16.4. The highest BCUT2D eigenvalue weighted by Gasteiger charge is 2.36.